The van der Waals surface area contributed by atoms with Crippen LogP contribution in [-0.4, -0.2) is 22.6 Å². The van der Waals surface area contributed by atoms with E-state index in [0.29, 0.717) is 11.3 Å². The number of carbonyl (C=O) groups is 1. The highest BCUT2D eigenvalue weighted by atomic mass is 79.9. The molecule has 3 rings (SSSR count). The van der Waals surface area contributed by atoms with E-state index in [0.717, 1.165) is 10.2 Å². The number of anilines is 1. The van der Waals surface area contributed by atoms with Crippen molar-refractivity contribution >= 4 is 27.5 Å². The predicted octanol–water partition coefficient (Wildman–Crippen LogP) is 2.00. The molecule has 1 atom stereocenters. The first kappa shape index (κ1) is 12.4. The third kappa shape index (κ3) is 1.45. The van der Waals surface area contributed by atoms with Crippen LogP contribution < -0.4 is 4.90 Å². The zero-order chi connectivity index (χ0) is 13.8. The lowest BCUT2D eigenvalue weighted by Crippen LogP contribution is -2.40. The number of hydrogen-bond acceptors (Lipinski definition) is 2. The second kappa shape index (κ2) is 3.95. The summed E-state index contributed by atoms with van der Waals surface area (Å²) < 4.78 is 2.49. The van der Waals surface area contributed by atoms with Crippen molar-refractivity contribution in [2.24, 2.45) is 7.05 Å². The molecular weight excluding hydrogens is 308 g/mol. The third-order valence-electron chi connectivity index (χ3n) is 3.64. The normalized spacial score (nSPS) is 21.9. The summed E-state index contributed by atoms with van der Waals surface area (Å²) in [6.07, 6.45) is 1.81. The molecule has 1 aromatic heterocycles. The Bertz CT molecular complexity index is 680. The van der Waals surface area contributed by atoms with Crippen LogP contribution in [0.5, 0.6) is 0 Å². The van der Waals surface area contributed by atoms with Crippen LogP contribution in [-0.2, 0) is 17.4 Å². The van der Waals surface area contributed by atoms with Gasteiger partial charge in [0.25, 0.3) is 5.91 Å². The number of amides is 1. The van der Waals surface area contributed by atoms with Crippen molar-refractivity contribution in [2.45, 2.75) is 5.60 Å². The van der Waals surface area contributed by atoms with Crippen LogP contribution in [0.1, 0.15) is 11.3 Å². The van der Waals surface area contributed by atoms with Crippen LogP contribution in [0.15, 0.2) is 41.0 Å². The number of aryl methyl sites for hydroxylation is 1. The Labute approximate surface area is 119 Å². The van der Waals surface area contributed by atoms with Gasteiger partial charge in [0, 0.05) is 30.3 Å². The number of likely N-dealkylation sites (N-methyl/N-ethyl adjacent to an activating group) is 1. The first-order chi connectivity index (χ1) is 8.98. The molecule has 0 bridgehead atoms. The Hall–Kier alpha value is -1.59. The molecule has 19 heavy (non-hydrogen) atoms. The van der Waals surface area contributed by atoms with Gasteiger partial charge in [-0.25, -0.2) is 0 Å². The minimum Gasteiger partial charge on any atom is -0.371 e. The maximum Gasteiger partial charge on any atom is 0.269 e. The highest BCUT2D eigenvalue weighted by molar-refractivity contribution is 9.10. The topological polar surface area (TPSA) is 45.5 Å². The van der Waals surface area contributed by atoms with E-state index in [1.165, 1.54) is 4.90 Å². The highest BCUT2D eigenvalue weighted by Gasteiger charge is 2.52. The molecule has 0 fully saturated rings. The summed E-state index contributed by atoms with van der Waals surface area (Å²) >= 11 is 3.44. The Kier molecular flexibility index (Phi) is 2.59. The van der Waals surface area contributed by atoms with Crippen molar-refractivity contribution in [3.63, 3.8) is 0 Å². The van der Waals surface area contributed by atoms with Crippen LogP contribution in [0.2, 0.25) is 0 Å². The van der Waals surface area contributed by atoms with Crippen molar-refractivity contribution in [1.29, 1.82) is 0 Å². The summed E-state index contributed by atoms with van der Waals surface area (Å²) in [6.45, 7) is 0. The first-order valence-electron chi connectivity index (χ1n) is 5.89. The minimum absolute atomic E-state index is 0.337. The van der Waals surface area contributed by atoms with Crippen LogP contribution in [0, 0.1) is 0 Å². The molecule has 0 aliphatic carbocycles. The van der Waals surface area contributed by atoms with Crippen molar-refractivity contribution in [3.8, 4) is 0 Å². The number of fused-ring (bicyclic) bond motifs is 1. The average molecular weight is 321 g/mol. The number of rotatable bonds is 1. The van der Waals surface area contributed by atoms with Gasteiger partial charge in [0.05, 0.1) is 11.4 Å². The number of carbonyl (C=O) groups excluding carboxylic acids is 1. The second-order valence-electron chi connectivity index (χ2n) is 4.71. The molecule has 0 saturated carbocycles. The van der Waals surface area contributed by atoms with E-state index in [4.69, 9.17) is 0 Å². The SMILES string of the molecule is CN1C(=O)[C@@](O)(c2cccn2C)c2c(Br)cccc21. The lowest BCUT2D eigenvalue weighted by Gasteiger charge is -2.23. The summed E-state index contributed by atoms with van der Waals surface area (Å²) in [6, 6.07) is 9.09. The van der Waals surface area contributed by atoms with Gasteiger partial charge in [-0.3, -0.25) is 4.79 Å². The molecule has 5 heteroatoms. The zero-order valence-electron chi connectivity index (χ0n) is 10.6. The van der Waals surface area contributed by atoms with Crippen LogP contribution in [0.25, 0.3) is 0 Å². The number of halogens is 1. The molecule has 2 aromatic rings. The molecule has 0 saturated heterocycles. The molecule has 0 unspecified atom stereocenters. The minimum atomic E-state index is -1.64. The van der Waals surface area contributed by atoms with Crippen LogP contribution >= 0.6 is 15.9 Å². The first-order valence-corrected chi connectivity index (χ1v) is 6.68. The monoisotopic (exact) mass is 320 g/mol. The standard InChI is InChI=1S/C14H13BrN2O2/c1-16-8-4-7-11(16)14(19)12-9(15)5-3-6-10(12)17(2)13(14)18/h3-8,19H,1-2H3/t14-/m1/s1. The van der Waals surface area contributed by atoms with Gasteiger partial charge in [0.2, 0.25) is 5.60 Å². The predicted molar refractivity (Wildman–Crippen MR) is 76.0 cm³/mol. The van der Waals surface area contributed by atoms with E-state index in [1.807, 2.05) is 37.5 Å². The number of hydrogen-bond donors (Lipinski definition) is 1. The van der Waals surface area contributed by atoms with Gasteiger partial charge in [-0.15, -0.1) is 0 Å². The quantitative estimate of drug-likeness (QED) is 0.873. The van der Waals surface area contributed by atoms with Gasteiger partial charge in [0.15, 0.2) is 0 Å². The van der Waals surface area contributed by atoms with Crippen molar-refractivity contribution < 1.29 is 9.90 Å². The molecular formula is C14H13BrN2O2. The van der Waals surface area contributed by atoms with Crippen molar-refractivity contribution in [3.05, 3.63) is 52.3 Å². The molecule has 1 N–H and O–H groups in total. The second-order valence-corrected chi connectivity index (χ2v) is 5.57. The molecule has 1 aliphatic heterocycles. The third-order valence-corrected chi connectivity index (χ3v) is 4.30. The van der Waals surface area contributed by atoms with E-state index in [9.17, 15) is 9.90 Å². The maximum absolute atomic E-state index is 12.5. The highest BCUT2D eigenvalue weighted by Crippen LogP contribution is 2.46. The van der Waals surface area contributed by atoms with Crippen LogP contribution in [0.4, 0.5) is 5.69 Å². The van der Waals surface area contributed by atoms with Gasteiger partial charge >= 0.3 is 0 Å². The summed E-state index contributed by atoms with van der Waals surface area (Å²) in [5.74, 6) is -0.337. The largest absolute Gasteiger partial charge is 0.371 e. The molecule has 1 aromatic carbocycles. The molecule has 2 heterocycles. The van der Waals surface area contributed by atoms with Gasteiger partial charge in [-0.1, -0.05) is 22.0 Å². The molecule has 0 spiro atoms. The smallest absolute Gasteiger partial charge is 0.269 e. The Morgan fingerprint density at radius 3 is 2.58 bits per heavy atom. The molecule has 4 nitrogen and oxygen atoms in total. The van der Waals surface area contributed by atoms with Crippen LogP contribution in [0.3, 0.4) is 0 Å². The Morgan fingerprint density at radius 2 is 1.95 bits per heavy atom. The maximum atomic E-state index is 12.5. The Morgan fingerprint density at radius 1 is 1.21 bits per heavy atom. The van der Waals surface area contributed by atoms with E-state index in [-0.39, 0.29) is 5.91 Å². The molecule has 0 radical (unpaired) electrons. The van der Waals surface area contributed by atoms with Gasteiger partial charge in [-0.2, -0.15) is 0 Å². The van der Waals surface area contributed by atoms with Gasteiger partial charge in [-0.05, 0) is 24.3 Å². The number of aromatic nitrogens is 1. The summed E-state index contributed by atoms with van der Waals surface area (Å²) in [5.41, 5.74) is 0.255. The molecule has 1 amide bonds. The van der Waals surface area contributed by atoms with Crippen molar-refractivity contribution in [1.82, 2.24) is 4.57 Å². The summed E-state index contributed by atoms with van der Waals surface area (Å²) in [4.78, 5) is 14.0. The number of aliphatic hydroxyl groups is 1. The number of nitrogens with zero attached hydrogens (tertiary/aromatic N) is 2. The number of benzene rings is 1. The summed E-state index contributed by atoms with van der Waals surface area (Å²) in [7, 11) is 3.49. The van der Waals surface area contributed by atoms with E-state index in [1.54, 1.807) is 17.7 Å². The fourth-order valence-electron chi connectivity index (χ4n) is 2.68. The lowest BCUT2D eigenvalue weighted by atomic mass is 9.92. The average Bonchev–Trinajstić information content (AvgIpc) is 2.89. The van der Waals surface area contributed by atoms with Gasteiger partial charge < -0.3 is 14.6 Å². The zero-order valence-corrected chi connectivity index (χ0v) is 12.2. The molecule has 1 aliphatic rings. The van der Waals surface area contributed by atoms with Crippen molar-refractivity contribution in [2.75, 3.05) is 11.9 Å². The lowest BCUT2D eigenvalue weighted by molar-refractivity contribution is -0.132. The molecule has 98 valence electrons. The van der Waals surface area contributed by atoms with E-state index in [2.05, 4.69) is 15.9 Å². The Balaban J connectivity index is 2.35. The fourth-order valence-corrected chi connectivity index (χ4v) is 3.33. The summed E-state index contributed by atoms with van der Waals surface area (Å²) in [5, 5.41) is 11.1. The fraction of sp³-hybridized carbons (Fsp3) is 0.214. The van der Waals surface area contributed by atoms with Gasteiger partial charge in [0.1, 0.15) is 0 Å². The van der Waals surface area contributed by atoms with E-state index < -0.39 is 5.60 Å². The van der Waals surface area contributed by atoms with E-state index >= 15 is 0 Å².